The van der Waals surface area contributed by atoms with E-state index in [0.717, 1.165) is 36.2 Å². The maximum absolute atomic E-state index is 12.9. The average Bonchev–Trinajstić information content (AvgIpc) is 2.61. The zero-order valence-corrected chi connectivity index (χ0v) is 12.4. The van der Waals surface area contributed by atoms with Crippen molar-refractivity contribution in [3.05, 3.63) is 28.2 Å². The van der Waals surface area contributed by atoms with Crippen LogP contribution in [0.2, 0.25) is 0 Å². The lowest BCUT2D eigenvalue weighted by atomic mass is 9.97. The summed E-state index contributed by atoms with van der Waals surface area (Å²) in [5.74, 6) is 0. The molecule has 2 N–H and O–H groups in total. The zero-order chi connectivity index (χ0) is 14.5. The van der Waals surface area contributed by atoms with Crippen LogP contribution in [0, 0.1) is 0 Å². The smallest absolute Gasteiger partial charge is 0.365 e. The minimum absolute atomic E-state index is 0.174. The molecule has 1 aromatic rings. The first kappa shape index (κ1) is 14.2. The largest absolute Gasteiger partial charge is 0.416 e. The number of fused-ring (bicyclic) bond motifs is 2. The Kier molecular flexibility index (Phi) is 3.49. The highest BCUT2D eigenvalue weighted by Crippen LogP contribution is 2.43. The van der Waals surface area contributed by atoms with E-state index in [1.807, 2.05) is 0 Å². The fourth-order valence-corrected chi connectivity index (χ4v) is 3.95. The lowest BCUT2D eigenvalue weighted by Gasteiger charge is -2.40. The van der Waals surface area contributed by atoms with Gasteiger partial charge in [0.25, 0.3) is 0 Å². The molecule has 110 valence electrons. The van der Waals surface area contributed by atoms with Gasteiger partial charge in [-0.25, -0.2) is 0 Å². The number of piperidine rings is 1. The molecule has 0 spiro atoms. The van der Waals surface area contributed by atoms with Gasteiger partial charge in [0.05, 0.1) is 11.3 Å². The number of benzene rings is 1. The number of alkyl halides is 3. The summed E-state index contributed by atoms with van der Waals surface area (Å²) in [6.07, 6.45) is -0.554. The fourth-order valence-electron chi connectivity index (χ4n) is 3.50. The van der Waals surface area contributed by atoms with Gasteiger partial charge in [0.1, 0.15) is 0 Å². The van der Waals surface area contributed by atoms with Crippen LogP contribution in [0.25, 0.3) is 0 Å². The molecule has 2 saturated heterocycles. The first-order chi connectivity index (χ1) is 9.36. The predicted octanol–water partition coefficient (Wildman–Crippen LogP) is 3.93. The summed E-state index contributed by atoms with van der Waals surface area (Å²) in [7, 11) is 0. The fraction of sp³-hybridized carbons (Fsp3) is 0.571. The molecule has 2 heterocycles. The predicted molar refractivity (Wildman–Crippen MR) is 75.6 cm³/mol. The van der Waals surface area contributed by atoms with Crippen LogP contribution in [0.4, 0.5) is 18.9 Å². The van der Waals surface area contributed by atoms with Crippen molar-refractivity contribution in [3.8, 4) is 0 Å². The lowest BCUT2D eigenvalue weighted by Crippen LogP contribution is -2.47. The minimum atomic E-state index is -4.30. The van der Waals surface area contributed by atoms with Gasteiger partial charge in [0.15, 0.2) is 0 Å². The van der Waals surface area contributed by atoms with Crippen molar-refractivity contribution >= 4 is 21.6 Å². The third-order valence-corrected chi connectivity index (χ3v) is 4.99. The van der Waals surface area contributed by atoms with E-state index in [9.17, 15) is 13.2 Å². The molecule has 0 saturated carbocycles. The van der Waals surface area contributed by atoms with Gasteiger partial charge in [0.2, 0.25) is 0 Å². The molecule has 1 aromatic carbocycles. The average molecular weight is 349 g/mol. The van der Waals surface area contributed by atoms with Crippen LogP contribution in [0.3, 0.4) is 0 Å². The number of nitrogens with zero attached hydrogens (tertiary/aromatic N) is 1. The van der Waals surface area contributed by atoms with Gasteiger partial charge in [-0.05, 0) is 59.8 Å². The first-order valence-corrected chi connectivity index (χ1v) is 7.56. The summed E-state index contributed by atoms with van der Waals surface area (Å²) >= 11 is 3.39. The molecule has 2 nitrogen and oxygen atoms in total. The molecule has 0 aliphatic carbocycles. The third kappa shape index (κ3) is 2.44. The Morgan fingerprint density at radius 2 is 1.75 bits per heavy atom. The molecular weight excluding hydrogens is 333 g/mol. The number of halogens is 4. The maximum Gasteiger partial charge on any atom is 0.416 e. The molecule has 2 bridgehead atoms. The van der Waals surface area contributed by atoms with Crippen molar-refractivity contribution in [2.45, 2.75) is 50.0 Å². The SMILES string of the molecule is NC1CC2CCC(C1)N2c1cc(C(F)(F)F)ccc1Br. The van der Waals surface area contributed by atoms with Crippen molar-refractivity contribution in [3.63, 3.8) is 0 Å². The van der Waals surface area contributed by atoms with Crippen LogP contribution in [-0.4, -0.2) is 18.1 Å². The van der Waals surface area contributed by atoms with Gasteiger partial charge >= 0.3 is 6.18 Å². The molecule has 2 fully saturated rings. The van der Waals surface area contributed by atoms with E-state index in [1.54, 1.807) is 0 Å². The molecule has 6 heteroatoms. The van der Waals surface area contributed by atoms with Crippen molar-refractivity contribution in [2.75, 3.05) is 4.90 Å². The molecule has 0 amide bonds. The van der Waals surface area contributed by atoms with Crippen LogP contribution in [0.5, 0.6) is 0 Å². The van der Waals surface area contributed by atoms with Crippen LogP contribution < -0.4 is 10.6 Å². The standard InChI is InChI=1S/C14H16BrF3N2/c15-12-4-1-8(14(16,17)18)5-13(12)20-10-2-3-11(20)7-9(19)6-10/h1,4-5,9-11H,2-3,6-7,19H2. The second-order valence-corrected chi connectivity index (χ2v) is 6.54. The van der Waals surface area contributed by atoms with E-state index in [0.29, 0.717) is 5.69 Å². The van der Waals surface area contributed by atoms with E-state index in [4.69, 9.17) is 5.73 Å². The van der Waals surface area contributed by atoms with Crippen LogP contribution in [0.15, 0.2) is 22.7 Å². The minimum Gasteiger partial charge on any atom is -0.365 e. The van der Waals surface area contributed by atoms with E-state index >= 15 is 0 Å². The molecule has 3 rings (SSSR count). The Morgan fingerprint density at radius 3 is 2.30 bits per heavy atom. The van der Waals surface area contributed by atoms with Gasteiger partial charge in [-0.1, -0.05) is 0 Å². The molecule has 0 radical (unpaired) electrons. The summed E-state index contributed by atoms with van der Waals surface area (Å²) in [5.41, 5.74) is 6.07. The van der Waals surface area contributed by atoms with Gasteiger partial charge in [-0.15, -0.1) is 0 Å². The Hall–Kier alpha value is -0.750. The third-order valence-electron chi connectivity index (χ3n) is 4.32. The maximum atomic E-state index is 12.9. The normalized spacial score (nSPS) is 29.9. The molecule has 20 heavy (non-hydrogen) atoms. The van der Waals surface area contributed by atoms with Gasteiger partial charge in [-0.3, -0.25) is 0 Å². The monoisotopic (exact) mass is 348 g/mol. The van der Waals surface area contributed by atoms with Crippen molar-refractivity contribution in [2.24, 2.45) is 5.73 Å². The van der Waals surface area contributed by atoms with E-state index in [2.05, 4.69) is 20.8 Å². The Morgan fingerprint density at radius 1 is 1.15 bits per heavy atom. The second kappa shape index (κ2) is 4.91. The number of hydrogen-bond donors (Lipinski definition) is 1. The highest BCUT2D eigenvalue weighted by Gasteiger charge is 2.41. The highest BCUT2D eigenvalue weighted by atomic mass is 79.9. The van der Waals surface area contributed by atoms with Gasteiger partial charge in [-0.2, -0.15) is 13.2 Å². The first-order valence-electron chi connectivity index (χ1n) is 6.77. The molecule has 2 unspecified atom stereocenters. The highest BCUT2D eigenvalue weighted by molar-refractivity contribution is 9.10. The molecule has 2 aliphatic heterocycles. The summed E-state index contributed by atoms with van der Waals surface area (Å²) in [6, 6.07) is 4.57. The van der Waals surface area contributed by atoms with E-state index in [-0.39, 0.29) is 18.1 Å². The summed E-state index contributed by atoms with van der Waals surface area (Å²) < 4.78 is 39.4. The van der Waals surface area contributed by atoms with Crippen LogP contribution in [-0.2, 0) is 6.18 Å². The number of anilines is 1. The van der Waals surface area contributed by atoms with E-state index < -0.39 is 11.7 Å². The molecular formula is C14H16BrF3N2. The van der Waals surface area contributed by atoms with Crippen molar-refractivity contribution in [1.29, 1.82) is 0 Å². The van der Waals surface area contributed by atoms with Gasteiger partial charge < -0.3 is 10.6 Å². The van der Waals surface area contributed by atoms with Crippen molar-refractivity contribution in [1.82, 2.24) is 0 Å². The summed E-state index contributed by atoms with van der Waals surface area (Å²) in [4.78, 5) is 2.14. The quantitative estimate of drug-likeness (QED) is 0.833. The Labute approximate surface area is 124 Å². The Balaban J connectivity index is 1.98. The second-order valence-electron chi connectivity index (χ2n) is 5.69. The van der Waals surface area contributed by atoms with Gasteiger partial charge in [0, 0.05) is 22.6 Å². The topological polar surface area (TPSA) is 29.3 Å². The summed E-state index contributed by atoms with van der Waals surface area (Å²) in [5, 5.41) is 0. The zero-order valence-electron chi connectivity index (χ0n) is 10.8. The van der Waals surface area contributed by atoms with Crippen LogP contribution >= 0.6 is 15.9 Å². The van der Waals surface area contributed by atoms with Crippen LogP contribution in [0.1, 0.15) is 31.2 Å². The number of nitrogens with two attached hydrogens (primary N) is 1. The molecule has 0 aromatic heterocycles. The van der Waals surface area contributed by atoms with E-state index in [1.165, 1.54) is 12.1 Å². The Bertz CT molecular complexity index is 504. The van der Waals surface area contributed by atoms with Crippen molar-refractivity contribution < 1.29 is 13.2 Å². The number of hydrogen-bond acceptors (Lipinski definition) is 2. The lowest BCUT2D eigenvalue weighted by molar-refractivity contribution is -0.137. The molecule has 2 aliphatic rings. The number of rotatable bonds is 1. The summed E-state index contributed by atoms with van der Waals surface area (Å²) in [6.45, 7) is 0. The molecule has 2 atom stereocenters.